The molecule has 0 radical (unpaired) electrons. The summed E-state index contributed by atoms with van der Waals surface area (Å²) in [6.07, 6.45) is 18.2. The van der Waals surface area contributed by atoms with Crippen molar-refractivity contribution in [1.82, 2.24) is 19.8 Å². The second-order valence-electron chi connectivity index (χ2n) is 13.1. The number of rotatable bonds is 14. The van der Waals surface area contributed by atoms with Gasteiger partial charge in [-0.05, 0) is 91.9 Å². The van der Waals surface area contributed by atoms with Gasteiger partial charge in [0, 0.05) is 43.3 Å². The maximum absolute atomic E-state index is 14.2. The summed E-state index contributed by atoms with van der Waals surface area (Å²) < 4.78 is 5.35. The fourth-order valence-electron chi connectivity index (χ4n) is 7.20. The summed E-state index contributed by atoms with van der Waals surface area (Å²) in [6.45, 7) is 5.96. The minimum Gasteiger partial charge on any atom is -0.497 e. The van der Waals surface area contributed by atoms with Crippen LogP contribution >= 0.6 is 11.8 Å². The third kappa shape index (κ3) is 10.3. The van der Waals surface area contributed by atoms with E-state index in [2.05, 4.69) is 75.2 Å². The van der Waals surface area contributed by atoms with Gasteiger partial charge in [0.1, 0.15) is 5.75 Å². The molecule has 45 heavy (non-hydrogen) atoms. The Kier molecular flexibility index (Phi) is 13.2. The molecule has 2 fully saturated rings. The van der Waals surface area contributed by atoms with E-state index in [0.717, 1.165) is 51.1 Å². The molecule has 7 heteroatoms. The zero-order chi connectivity index (χ0) is 31.3. The van der Waals surface area contributed by atoms with Crippen molar-refractivity contribution in [3.8, 4) is 5.75 Å². The molecule has 2 heterocycles. The number of thioether (sulfide) groups is 1. The summed E-state index contributed by atoms with van der Waals surface area (Å²) in [7, 11) is 1.71. The Labute approximate surface area is 275 Å². The number of methoxy groups -OCH3 is 1. The summed E-state index contributed by atoms with van der Waals surface area (Å²) >= 11 is 1.19. The molecule has 1 amide bonds. The third-order valence-corrected chi connectivity index (χ3v) is 10.6. The van der Waals surface area contributed by atoms with E-state index in [0.29, 0.717) is 23.5 Å². The van der Waals surface area contributed by atoms with Crippen LogP contribution in [0, 0.1) is 11.8 Å². The summed E-state index contributed by atoms with van der Waals surface area (Å²) in [4.78, 5) is 27.8. The highest BCUT2D eigenvalue weighted by Gasteiger charge is 2.36. The lowest BCUT2D eigenvalue weighted by Gasteiger charge is -2.43. The number of aryl methyl sites for hydroxylation is 1. The van der Waals surface area contributed by atoms with Gasteiger partial charge in [0.05, 0.1) is 7.11 Å². The molecule has 1 aliphatic carbocycles. The lowest BCUT2D eigenvalue weighted by molar-refractivity contribution is 0.0849. The van der Waals surface area contributed by atoms with Crippen molar-refractivity contribution in [2.24, 2.45) is 11.8 Å². The molecule has 1 saturated carbocycles. The molecule has 2 aromatic carbocycles. The van der Waals surface area contributed by atoms with E-state index < -0.39 is 0 Å². The van der Waals surface area contributed by atoms with E-state index in [1.165, 1.54) is 79.8 Å². The number of aromatic nitrogens is 2. The Hall–Kier alpha value is -2.90. The molecule has 3 aromatic rings. The summed E-state index contributed by atoms with van der Waals surface area (Å²) in [5.41, 5.74) is 3.92. The van der Waals surface area contributed by atoms with E-state index >= 15 is 0 Å². The fraction of sp³-hybridized carbons (Fsp3) is 0.553. The van der Waals surface area contributed by atoms with Crippen LogP contribution in [0.2, 0.25) is 0 Å². The molecular formula is C38H52N4O2S. The standard InChI is InChI=1S/C38H52N4O2S/c1-3-4-6-10-30-13-15-33(16-14-30)29-42(38(43)45-37-39-23-9-24-40-37)36(27-31-11-7-5-8-12-31)34-21-25-41(26-22-34)28-32-17-19-35(44-2)20-18-32/h9,13-20,23-24,31,34,36H,3-8,10-12,21-22,25-29H2,1-2H3. The van der Waals surface area contributed by atoms with Gasteiger partial charge in [-0.3, -0.25) is 9.69 Å². The van der Waals surface area contributed by atoms with Gasteiger partial charge in [0.2, 0.25) is 0 Å². The van der Waals surface area contributed by atoms with Crippen molar-refractivity contribution >= 4 is 17.0 Å². The van der Waals surface area contributed by atoms with Gasteiger partial charge in [-0.2, -0.15) is 0 Å². The van der Waals surface area contributed by atoms with Crippen LogP contribution in [0.1, 0.15) is 94.2 Å². The van der Waals surface area contributed by atoms with Crippen LogP contribution in [0.3, 0.4) is 0 Å². The van der Waals surface area contributed by atoms with Crippen LogP contribution in [0.4, 0.5) is 4.79 Å². The summed E-state index contributed by atoms with van der Waals surface area (Å²) in [5.74, 6) is 2.07. The monoisotopic (exact) mass is 628 g/mol. The topological polar surface area (TPSA) is 58.6 Å². The molecule has 6 nitrogen and oxygen atoms in total. The highest BCUT2D eigenvalue weighted by Crippen LogP contribution is 2.37. The SMILES string of the molecule is CCCCCc1ccc(CN(C(=O)Sc2ncccn2)C(CC2CCCCC2)C2CCN(Cc3ccc(OC)cc3)CC2)cc1. The molecule has 1 aliphatic heterocycles. The van der Waals surface area contributed by atoms with Crippen molar-refractivity contribution in [3.63, 3.8) is 0 Å². The lowest BCUT2D eigenvalue weighted by Crippen LogP contribution is -2.47. The molecule has 1 aromatic heterocycles. The number of ether oxygens (including phenoxy) is 1. The molecule has 0 N–H and O–H groups in total. The predicted octanol–water partition coefficient (Wildman–Crippen LogP) is 9.18. The molecule has 5 rings (SSSR count). The number of carbonyl (C=O) groups excluding carboxylic acids is 1. The van der Waals surface area contributed by atoms with Gasteiger partial charge >= 0.3 is 0 Å². The minimum atomic E-state index is 0.0784. The second kappa shape index (κ2) is 17.7. The maximum atomic E-state index is 14.2. The van der Waals surface area contributed by atoms with Gasteiger partial charge in [-0.25, -0.2) is 9.97 Å². The molecule has 0 spiro atoms. The van der Waals surface area contributed by atoms with Crippen LogP contribution in [-0.4, -0.2) is 51.2 Å². The molecule has 0 bridgehead atoms. The Balaban J connectivity index is 1.34. The Bertz CT molecular complexity index is 1270. The van der Waals surface area contributed by atoms with Crippen molar-refractivity contribution in [3.05, 3.63) is 83.7 Å². The highest BCUT2D eigenvalue weighted by molar-refractivity contribution is 8.13. The first kappa shape index (κ1) is 33.5. The maximum Gasteiger partial charge on any atom is 0.290 e. The lowest BCUT2D eigenvalue weighted by atomic mass is 9.78. The van der Waals surface area contributed by atoms with Crippen LogP contribution in [0.5, 0.6) is 5.75 Å². The first-order valence-corrected chi connectivity index (χ1v) is 18.1. The Morgan fingerprint density at radius 1 is 0.911 bits per heavy atom. The number of likely N-dealkylation sites (tertiary alicyclic amines) is 1. The molecule has 1 saturated heterocycles. The largest absolute Gasteiger partial charge is 0.497 e. The van der Waals surface area contributed by atoms with Gasteiger partial charge < -0.3 is 9.64 Å². The zero-order valence-corrected chi connectivity index (χ0v) is 28.2. The van der Waals surface area contributed by atoms with E-state index in [4.69, 9.17) is 4.74 Å². The van der Waals surface area contributed by atoms with Crippen LogP contribution < -0.4 is 4.74 Å². The van der Waals surface area contributed by atoms with Gasteiger partial charge in [0.15, 0.2) is 5.16 Å². The minimum absolute atomic E-state index is 0.0784. The zero-order valence-electron chi connectivity index (χ0n) is 27.4. The normalized spacial score (nSPS) is 17.2. The van der Waals surface area contributed by atoms with Gasteiger partial charge in [0.25, 0.3) is 5.24 Å². The van der Waals surface area contributed by atoms with E-state index in [1.54, 1.807) is 25.6 Å². The average molecular weight is 629 g/mol. The second-order valence-corrected chi connectivity index (χ2v) is 14.0. The molecule has 1 atom stereocenters. The Morgan fingerprint density at radius 3 is 2.24 bits per heavy atom. The van der Waals surface area contributed by atoms with Gasteiger partial charge in [-0.1, -0.05) is 88.3 Å². The molecule has 242 valence electrons. The number of benzene rings is 2. The quantitative estimate of drug-likeness (QED) is 0.101. The Morgan fingerprint density at radius 2 is 1.58 bits per heavy atom. The van der Waals surface area contributed by atoms with E-state index in [9.17, 15) is 4.79 Å². The average Bonchev–Trinajstić information content (AvgIpc) is 3.09. The number of carbonyl (C=O) groups is 1. The van der Waals surface area contributed by atoms with Crippen molar-refractivity contribution in [1.29, 1.82) is 0 Å². The summed E-state index contributed by atoms with van der Waals surface area (Å²) in [6, 6.07) is 19.5. The van der Waals surface area contributed by atoms with Crippen molar-refractivity contribution < 1.29 is 9.53 Å². The number of piperidine rings is 1. The number of hydrogen-bond acceptors (Lipinski definition) is 6. The van der Waals surface area contributed by atoms with Crippen molar-refractivity contribution in [2.45, 2.75) is 108 Å². The van der Waals surface area contributed by atoms with E-state index in [-0.39, 0.29) is 11.3 Å². The third-order valence-electron chi connectivity index (χ3n) is 9.84. The first-order chi connectivity index (χ1) is 22.1. The van der Waals surface area contributed by atoms with E-state index in [1.807, 2.05) is 0 Å². The molecule has 1 unspecified atom stereocenters. The van der Waals surface area contributed by atoms with Crippen LogP contribution in [0.15, 0.2) is 72.1 Å². The van der Waals surface area contributed by atoms with Crippen LogP contribution in [0.25, 0.3) is 0 Å². The number of unbranched alkanes of at least 4 members (excludes halogenated alkanes) is 2. The van der Waals surface area contributed by atoms with Crippen molar-refractivity contribution in [2.75, 3.05) is 20.2 Å². The summed E-state index contributed by atoms with van der Waals surface area (Å²) in [5, 5.41) is 0.610. The number of hydrogen-bond donors (Lipinski definition) is 0. The smallest absolute Gasteiger partial charge is 0.290 e. The molecule has 2 aliphatic rings. The van der Waals surface area contributed by atoms with Gasteiger partial charge in [-0.15, -0.1) is 0 Å². The number of amides is 1. The number of nitrogens with zero attached hydrogens (tertiary/aromatic N) is 4. The van der Waals surface area contributed by atoms with Crippen LogP contribution in [-0.2, 0) is 19.5 Å². The molecular weight excluding hydrogens is 577 g/mol. The predicted molar refractivity (Wildman–Crippen MR) is 184 cm³/mol. The first-order valence-electron chi connectivity index (χ1n) is 17.3. The highest BCUT2D eigenvalue weighted by atomic mass is 32.2. The fourth-order valence-corrected chi connectivity index (χ4v) is 7.90.